The predicted octanol–water partition coefficient (Wildman–Crippen LogP) is 3.15. The van der Waals surface area contributed by atoms with E-state index < -0.39 is 0 Å². The van der Waals surface area contributed by atoms with Crippen LogP contribution >= 0.6 is 11.8 Å². The first-order chi connectivity index (χ1) is 10.3. The molecule has 3 rings (SSSR count). The van der Waals surface area contributed by atoms with Gasteiger partial charge in [-0.05, 0) is 36.1 Å². The van der Waals surface area contributed by atoms with Crippen LogP contribution in [0.1, 0.15) is 28.6 Å². The number of carbonyl (C=O) groups is 1. The summed E-state index contributed by atoms with van der Waals surface area (Å²) >= 11 is 1.67. The molecule has 0 aliphatic heterocycles. The molecule has 1 unspecified atom stereocenters. The summed E-state index contributed by atoms with van der Waals surface area (Å²) in [5, 5.41) is 4.29. The van der Waals surface area contributed by atoms with Gasteiger partial charge >= 0.3 is 0 Å². The SMILES string of the molecule is O=C(CSC1CCc2ccccc21)N/N=C/c1ccco1. The second-order valence-electron chi connectivity index (χ2n) is 4.85. The number of thioether (sulfide) groups is 1. The van der Waals surface area contributed by atoms with Gasteiger partial charge < -0.3 is 4.42 Å². The Balaban J connectivity index is 1.46. The third kappa shape index (κ3) is 3.55. The quantitative estimate of drug-likeness (QED) is 0.681. The van der Waals surface area contributed by atoms with Crippen molar-refractivity contribution < 1.29 is 9.21 Å². The highest BCUT2D eigenvalue weighted by Crippen LogP contribution is 2.40. The Morgan fingerprint density at radius 3 is 3.14 bits per heavy atom. The van der Waals surface area contributed by atoms with Crippen LogP contribution in [0.5, 0.6) is 0 Å². The van der Waals surface area contributed by atoms with Crippen LogP contribution in [0.2, 0.25) is 0 Å². The van der Waals surface area contributed by atoms with Crippen molar-refractivity contribution in [1.82, 2.24) is 5.43 Å². The second kappa shape index (κ2) is 6.63. The first kappa shape index (κ1) is 13.9. The Labute approximate surface area is 127 Å². The third-order valence-corrected chi connectivity index (χ3v) is 4.74. The number of hydrazone groups is 1. The van der Waals surface area contributed by atoms with Crippen LogP contribution < -0.4 is 5.43 Å². The van der Waals surface area contributed by atoms with Crippen LogP contribution in [0.25, 0.3) is 0 Å². The number of fused-ring (bicyclic) bond motifs is 1. The van der Waals surface area contributed by atoms with Crippen LogP contribution in [-0.4, -0.2) is 17.9 Å². The Morgan fingerprint density at radius 1 is 1.38 bits per heavy atom. The molecule has 1 atom stereocenters. The molecule has 0 fully saturated rings. The lowest BCUT2D eigenvalue weighted by Crippen LogP contribution is -2.20. The van der Waals surface area contributed by atoms with E-state index in [0.717, 1.165) is 12.8 Å². The number of nitrogens with zero attached hydrogens (tertiary/aromatic N) is 1. The molecule has 1 heterocycles. The van der Waals surface area contributed by atoms with Crippen molar-refractivity contribution in [3.05, 3.63) is 59.5 Å². The molecule has 1 aliphatic carbocycles. The summed E-state index contributed by atoms with van der Waals surface area (Å²) in [5.74, 6) is 0.939. The van der Waals surface area contributed by atoms with E-state index in [9.17, 15) is 4.79 Å². The number of benzene rings is 1. The van der Waals surface area contributed by atoms with Gasteiger partial charge in [-0.15, -0.1) is 11.8 Å². The van der Waals surface area contributed by atoms with Crippen molar-refractivity contribution in [3.63, 3.8) is 0 Å². The maximum atomic E-state index is 11.8. The van der Waals surface area contributed by atoms with E-state index in [2.05, 4.69) is 34.8 Å². The fraction of sp³-hybridized carbons (Fsp3) is 0.250. The summed E-state index contributed by atoms with van der Waals surface area (Å²) < 4.78 is 5.09. The fourth-order valence-corrected chi connectivity index (χ4v) is 3.54. The van der Waals surface area contributed by atoms with Gasteiger partial charge in [-0.25, -0.2) is 5.43 Å². The highest BCUT2D eigenvalue weighted by molar-refractivity contribution is 8.00. The lowest BCUT2D eigenvalue weighted by atomic mass is 10.1. The molecule has 21 heavy (non-hydrogen) atoms. The molecule has 1 aromatic carbocycles. The van der Waals surface area contributed by atoms with E-state index >= 15 is 0 Å². The molecule has 1 aromatic heterocycles. The molecular formula is C16H16N2O2S. The van der Waals surface area contributed by atoms with Crippen molar-refractivity contribution in [1.29, 1.82) is 0 Å². The fourth-order valence-electron chi connectivity index (χ4n) is 2.43. The molecule has 0 bridgehead atoms. The zero-order valence-electron chi connectivity index (χ0n) is 11.5. The summed E-state index contributed by atoms with van der Waals surface area (Å²) in [6.45, 7) is 0. The van der Waals surface area contributed by atoms with Crippen molar-refractivity contribution in [2.75, 3.05) is 5.75 Å². The maximum absolute atomic E-state index is 11.8. The normalized spacial score (nSPS) is 17.0. The molecule has 0 radical (unpaired) electrons. The first-order valence-corrected chi connectivity index (χ1v) is 7.92. The van der Waals surface area contributed by atoms with Gasteiger partial charge in [-0.3, -0.25) is 4.79 Å². The summed E-state index contributed by atoms with van der Waals surface area (Å²) in [7, 11) is 0. The van der Waals surface area contributed by atoms with Crippen molar-refractivity contribution in [2.45, 2.75) is 18.1 Å². The molecule has 0 saturated carbocycles. The van der Waals surface area contributed by atoms with Gasteiger partial charge in [0.15, 0.2) is 0 Å². The summed E-state index contributed by atoms with van der Waals surface area (Å²) in [6.07, 6.45) is 5.27. The van der Waals surface area contributed by atoms with Gasteiger partial charge in [0.1, 0.15) is 5.76 Å². The average molecular weight is 300 g/mol. The molecule has 1 aliphatic rings. The number of hydrogen-bond acceptors (Lipinski definition) is 4. The topological polar surface area (TPSA) is 54.6 Å². The van der Waals surface area contributed by atoms with E-state index in [4.69, 9.17) is 4.42 Å². The number of nitrogens with one attached hydrogen (secondary N) is 1. The minimum Gasteiger partial charge on any atom is -0.463 e. The molecule has 0 spiro atoms. The monoisotopic (exact) mass is 300 g/mol. The Bertz CT molecular complexity index is 637. The summed E-state index contributed by atoms with van der Waals surface area (Å²) in [6, 6.07) is 12.0. The van der Waals surface area contributed by atoms with E-state index in [1.807, 2.05) is 0 Å². The van der Waals surface area contributed by atoms with Gasteiger partial charge in [-0.2, -0.15) is 5.10 Å². The number of amides is 1. The lowest BCUT2D eigenvalue weighted by molar-refractivity contribution is -0.118. The molecule has 108 valence electrons. The molecular weight excluding hydrogens is 284 g/mol. The van der Waals surface area contributed by atoms with Crippen LogP contribution in [0, 0.1) is 0 Å². The van der Waals surface area contributed by atoms with Crippen LogP contribution in [0.3, 0.4) is 0 Å². The zero-order valence-corrected chi connectivity index (χ0v) is 12.3. The van der Waals surface area contributed by atoms with E-state index in [-0.39, 0.29) is 5.91 Å². The minimum absolute atomic E-state index is 0.0906. The van der Waals surface area contributed by atoms with Gasteiger partial charge in [0.25, 0.3) is 0 Å². The van der Waals surface area contributed by atoms with Gasteiger partial charge in [-0.1, -0.05) is 24.3 Å². The molecule has 2 aromatic rings. The molecule has 4 nitrogen and oxygen atoms in total. The largest absolute Gasteiger partial charge is 0.463 e. The smallest absolute Gasteiger partial charge is 0.250 e. The van der Waals surface area contributed by atoms with Gasteiger partial charge in [0.05, 0.1) is 18.2 Å². The molecule has 1 N–H and O–H groups in total. The van der Waals surface area contributed by atoms with E-state index in [1.165, 1.54) is 17.3 Å². The standard InChI is InChI=1S/C16H16N2O2S/c19-16(18-17-10-13-5-3-9-20-13)11-21-15-8-7-12-4-1-2-6-14(12)15/h1-6,9-10,15H,7-8,11H2,(H,18,19)/b17-10+. The number of furan rings is 1. The summed E-state index contributed by atoms with van der Waals surface area (Å²) in [5.41, 5.74) is 5.30. The van der Waals surface area contributed by atoms with E-state index in [0.29, 0.717) is 16.8 Å². The Morgan fingerprint density at radius 2 is 2.29 bits per heavy atom. The minimum atomic E-state index is -0.0906. The highest BCUT2D eigenvalue weighted by atomic mass is 32.2. The van der Waals surface area contributed by atoms with Crippen molar-refractivity contribution >= 4 is 23.9 Å². The van der Waals surface area contributed by atoms with Crippen LogP contribution in [0.4, 0.5) is 0 Å². The molecule has 1 amide bonds. The Kier molecular flexibility index (Phi) is 4.40. The highest BCUT2D eigenvalue weighted by Gasteiger charge is 2.22. The van der Waals surface area contributed by atoms with Crippen LogP contribution in [0.15, 0.2) is 52.2 Å². The van der Waals surface area contributed by atoms with Gasteiger partial charge in [0, 0.05) is 5.25 Å². The maximum Gasteiger partial charge on any atom is 0.250 e. The summed E-state index contributed by atoms with van der Waals surface area (Å²) in [4.78, 5) is 11.8. The Hall–Kier alpha value is -2.01. The molecule has 0 saturated heterocycles. The predicted molar refractivity (Wildman–Crippen MR) is 84.4 cm³/mol. The number of aryl methyl sites for hydroxylation is 1. The molecule has 5 heteroatoms. The van der Waals surface area contributed by atoms with E-state index in [1.54, 1.807) is 30.2 Å². The number of carbonyl (C=O) groups excluding carboxylic acids is 1. The van der Waals surface area contributed by atoms with Crippen molar-refractivity contribution in [2.24, 2.45) is 5.10 Å². The number of hydrogen-bond donors (Lipinski definition) is 1. The van der Waals surface area contributed by atoms with Gasteiger partial charge in [0.2, 0.25) is 5.91 Å². The second-order valence-corrected chi connectivity index (χ2v) is 6.04. The van der Waals surface area contributed by atoms with Crippen LogP contribution in [-0.2, 0) is 11.2 Å². The van der Waals surface area contributed by atoms with Crippen molar-refractivity contribution in [3.8, 4) is 0 Å². The lowest BCUT2D eigenvalue weighted by Gasteiger charge is -2.10. The first-order valence-electron chi connectivity index (χ1n) is 6.88. The third-order valence-electron chi connectivity index (χ3n) is 3.42. The average Bonchev–Trinajstić information content (AvgIpc) is 3.14. The number of rotatable bonds is 5. The zero-order chi connectivity index (χ0) is 14.5.